The van der Waals surface area contributed by atoms with Crippen molar-refractivity contribution in [2.24, 2.45) is 0 Å². The van der Waals surface area contributed by atoms with Crippen LogP contribution in [0.1, 0.15) is 31.9 Å². The highest BCUT2D eigenvalue weighted by Crippen LogP contribution is 2.46. The van der Waals surface area contributed by atoms with Gasteiger partial charge in [-0.15, -0.1) is 0 Å². The smallest absolute Gasteiger partial charge is 0.258 e. The third kappa shape index (κ3) is 4.34. The third-order valence-corrected chi connectivity index (χ3v) is 7.34. The first kappa shape index (κ1) is 23.2. The van der Waals surface area contributed by atoms with E-state index in [4.69, 9.17) is 4.74 Å². The molecule has 0 bridgehead atoms. The highest BCUT2D eigenvalue weighted by molar-refractivity contribution is 8.04. The lowest BCUT2D eigenvalue weighted by Gasteiger charge is -2.20. The first-order valence-corrected chi connectivity index (χ1v) is 12.3. The lowest BCUT2D eigenvalue weighted by molar-refractivity contribution is -0.129. The fourth-order valence-electron chi connectivity index (χ4n) is 4.26. The molecule has 0 radical (unpaired) electrons. The Bertz CT molecular complexity index is 1370. The SMILES string of the molecule is CC(C)n1ncnc1N1CC2=C(CCOc3ccc(-c4cccn(CC(=O)N(C)C)c4=O)cc32)S1. The maximum Gasteiger partial charge on any atom is 0.258 e. The number of rotatable bonds is 5. The van der Waals surface area contributed by atoms with Crippen molar-refractivity contribution in [2.75, 3.05) is 31.6 Å². The Balaban J connectivity index is 1.50. The maximum absolute atomic E-state index is 13.2. The highest BCUT2D eigenvalue weighted by Gasteiger charge is 2.31. The zero-order chi connectivity index (χ0) is 24.7. The maximum atomic E-state index is 13.2. The van der Waals surface area contributed by atoms with Crippen molar-refractivity contribution in [3.05, 3.63) is 63.7 Å². The van der Waals surface area contributed by atoms with E-state index in [-0.39, 0.29) is 24.1 Å². The zero-order valence-electron chi connectivity index (χ0n) is 20.3. The van der Waals surface area contributed by atoms with Crippen LogP contribution < -0.4 is 14.6 Å². The van der Waals surface area contributed by atoms with Gasteiger partial charge in [-0.2, -0.15) is 10.1 Å². The van der Waals surface area contributed by atoms with Gasteiger partial charge in [0.1, 0.15) is 18.6 Å². The summed E-state index contributed by atoms with van der Waals surface area (Å²) in [5.41, 5.74) is 3.32. The van der Waals surface area contributed by atoms with Crippen molar-refractivity contribution < 1.29 is 9.53 Å². The standard InChI is InChI=1S/C25H28N6O3S/c1-16(2)31-25(26-15-27-31)30-13-20-19-12-17(7-8-21(19)34-11-9-22(20)35-30)18-6-5-10-29(24(18)33)14-23(32)28(3)4/h5-8,10,12,15-16H,9,11,13-14H2,1-4H3. The van der Waals surface area contributed by atoms with Gasteiger partial charge in [0.15, 0.2) is 0 Å². The Kier molecular flexibility index (Phi) is 6.14. The molecule has 10 heteroatoms. The van der Waals surface area contributed by atoms with Crippen molar-refractivity contribution in [2.45, 2.75) is 32.9 Å². The van der Waals surface area contributed by atoms with Crippen LogP contribution in [0.4, 0.5) is 5.95 Å². The number of likely N-dealkylation sites (N-methyl/N-ethyl adjacent to an activating group) is 1. The topological polar surface area (TPSA) is 85.5 Å². The summed E-state index contributed by atoms with van der Waals surface area (Å²) >= 11 is 1.68. The van der Waals surface area contributed by atoms with E-state index in [9.17, 15) is 9.59 Å². The quantitative estimate of drug-likeness (QED) is 0.505. The molecule has 4 heterocycles. The number of benzene rings is 1. The number of fused-ring (bicyclic) bond motifs is 2. The second-order valence-corrected chi connectivity index (χ2v) is 10.2. The minimum absolute atomic E-state index is 0.00512. The number of nitrogens with zero attached hydrogens (tertiary/aromatic N) is 6. The number of hydrogen-bond acceptors (Lipinski definition) is 7. The molecule has 35 heavy (non-hydrogen) atoms. The number of carbonyl (C=O) groups is 1. The number of carbonyl (C=O) groups excluding carboxylic acids is 1. The molecule has 0 saturated heterocycles. The molecule has 182 valence electrons. The van der Waals surface area contributed by atoms with Gasteiger partial charge in [0.05, 0.1) is 19.2 Å². The van der Waals surface area contributed by atoms with E-state index in [0.29, 0.717) is 18.7 Å². The van der Waals surface area contributed by atoms with Crippen molar-refractivity contribution >= 4 is 29.4 Å². The average Bonchev–Trinajstić information content (AvgIpc) is 3.45. The van der Waals surface area contributed by atoms with Gasteiger partial charge in [0.2, 0.25) is 11.9 Å². The van der Waals surface area contributed by atoms with E-state index in [1.807, 2.05) is 22.9 Å². The number of anilines is 1. The van der Waals surface area contributed by atoms with Crippen LogP contribution in [0.2, 0.25) is 0 Å². The summed E-state index contributed by atoms with van der Waals surface area (Å²) in [4.78, 5) is 32.6. The Morgan fingerprint density at radius 3 is 2.83 bits per heavy atom. The summed E-state index contributed by atoms with van der Waals surface area (Å²) in [6.45, 7) is 5.44. The Morgan fingerprint density at radius 2 is 2.06 bits per heavy atom. The Labute approximate surface area is 208 Å². The first-order valence-electron chi connectivity index (χ1n) is 11.6. The number of aromatic nitrogens is 4. The molecule has 3 aromatic rings. The first-order chi connectivity index (χ1) is 16.8. The molecule has 2 aromatic heterocycles. The summed E-state index contributed by atoms with van der Waals surface area (Å²) in [5.74, 6) is 1.51. The van der Waals surface area contributed by atoms with Crippen molar-refractivity contribution in [1.82, 2.24) is 24.2 Å². The van der Waals surface area contributed by atoms with Gasteiger partial charge < -0.3 is 14.2 Å². The molecule has 1 amide bonds. The Morgan fingerprint density at radius 1 is 1.23 bits per heavy atom. The summed E-state index contributed by atoms with van der Waals surface area (Å²) in [6.07, 6.45) is 4.05. The van der Waals surface area contributed by atoms with Gasteiger partial charge in [-0.3, -0.25) is 13.9 Å². The largest absolute Gasteiger partial charge is 0.493 e. The van der Waals surface area contributed by atoms with E-state index in [0.717, 1.165) is 29.2 Å². The lowest BCUT2D eigenvalue weighted by atomic mass is 9.98. The summed E-state index contributed by atoms with van der Waals surface area (Å²) in [5, 5.41) is 4.39. The minimum atomic E-state index is -0.196. The van der Waals surface area contributed by atoms with E-state index in [1.165, 1.54) is 19.9 Å². The van der Waals surface area contributed by atoms with Crippen LogP contribution in [0.3, 0.4) is 0 Å². The molecule has 0 spiro atoms. The van der Waals surface area contributed by atoms with Crippen LogP contribution in [0.15, 0.2) is 52.6 Å². The minimum Gasteiger partial charge on any atom is -0.493 e. The predicted molar refractivity (Wildman–Crippen MR) is 137 cm³/mol. The summed E-state index contributed by atoms with van der Waals surface area (Å²) in [6, 6.07) is 9.69. The van der Waals surface area contributed by atoms with Gasteiger partial charge in [-0.1, -0.05) is 6.07 Å². The van der Waals surface area contributed by atoms with Crippen LogP contribution in [-0.2, 0) is 11.3 Å². The van der Waals surface area contributed by atoms with Gasteiger partial charge >= 0.3 is 0 Å². The van der Waals surface area contributed by atoms with E-state index >= 15 is 0 Å². The molecule has 0 saturated carbocycles. The fourth-order valence-corrected chi connectivity index (χ4v) is 5.39. The number of amides is 1. The van der Waals surface area contributed by atoms with Crippen molar-refractivity contribution in [3.8, 4) is 16.9 Å². The normalized spacial score (nSPS) is 15.1. The molecular weight excluding hydrogens is 464 g/mol. The van der Waals surface area contributed by atoms with Crippen LogP contribution in [0.25, 0.3) is 16.7 Å². The monoisotopic (exact) mass is 492 g/mol. The van der Waals surface area contributed by atoms with Gasteiger partial charge in [-0.25, -0.2) is 4.68 Å². The third-order valence-electron chi connectivity index (χ3n) is 6.15. The van der Waals surface area contributed by atoms with Gasteiger partial charge in [0, 0.05) is 42.7 Å². The summed E-state index contributed by atoms with van der Waals surface area (Å²) < 4.78 is 11.6. The van der Waals surface area contributed by atoms with Crippen molar-refractivity contribution in [3.63, 3.8) is 0 Å². The van der Waals surface area contributed by atoms with E-state index < -0.39 is 0 Å². The van der Waals surface area contributed by atoms with Crippen LogP contribution >= 0.6 is 11.9 Å². The van der Waals surface area contributed by atoms with Crippen LogP contribution in [-0.4, -0.2) is 57.4 Å². The molecule has 1 aromatic carbocycles. The molecule has 0 fully saturated rings. The predicted octanol–water partition coefficient (Wildman–Crippen LogP) is 3.44. The Hall–Kier alpha value is -3.53. The number of ether oxygens (including phenoxy) is 1. The fraction of sp³-hybridized carbons (Fsp3) is 0.360. The average molecular weight is 493 g/mol. The molecule has 2 aliphatic heterocycles. The van der Waals surface area contributed by atoms with Gasteiger partial charge in [-0.05, 0) is 61.2 Å². The molecule has 2 aliphatic rings. The van der Waals surface area contributed by atoms with E-state index in [1.54, 1.807) is 50.7 Å². The summed E-state index contributed by atoms with van der Waals surface area (Å²) in [7, 11) is 3.36. The molecule has 0 unspecified atom stereocenters. The second kappa shape index (κ2) is 9.26. The van der Waals surface area contributed by atoms with Crippen molar-refractivity contribution in [1.29, 1.82) is 0 Å². The molecular formula is C25H28N6O3S. The molecule has 9 nitrogen and oxygen atoms in total. The zero-order valence-corrected chi connectivity index (χ0v) is 21.1. The highest BCUT2D eigenvalue weighted by atomic mass is 32.2. The molecule has 0 N–H and O–H groups in total. The second-order valence-electron chi connectivity index (χ2n) is 9.08. The number of hydrogen-bond donors (Lipinski definition) is 0. The number of pyridine rings is 1. The molecule has 5 rings (SSSR count). The molecule has 0 atom stereocenters. The molecule has 0 aliphatic carbocycles. The van der Waals surface area contributed by atoms with Crippen LogP contribution in [0.5, 0.6) is 5.75 Å². The lowest BCUT2D eigenvalue weighted by Crippen LogP contribution is -2.31. The van der Waals surface area contributed by atoms with Gasteiger partial charge in [0.25, 0.3) is 5.56 Å². The van der Waals surface area contributed by atoms with Crippen LogP contribution in [0, 0.1) is 0 Å². The van der Waals surface area contributed by atoms with E-state index in [2.05, 4.69) is 28.2 Å².